The highest BCUT2D eigenvalue weighted by Gasteiger charge is 2.27. The summed E-state index contributed by atoms with van der Waals surface area (Å²) in [7, 11) is 0. The van der Waals surface area contributed by atoms with E-state index in [2.05, 4.69) is 15.3 Å². The van der Waals surface area contributed by atoms with Crippen molar-refractivity contribution in [2.24, 2.45) is 5.41 Å². The molecule has 0 atom stereocenters. The quantitative estimate of drug-likeness (QED) is 0.173. The van der Waals surface area contributed by atoms with Gasteiger partial charge in [-0.15, -0.1) is 0 Å². The Kier molecular flexibility index (Phi) is 7.66. The second-order valence-corrected chi connectivity index (χ2v) is 13.2. The Bertz CT molecular complexity index is 2300. The standard InChI is InChI=1S/C38H34FN5O4/c1-21(45)48-20-28-26(11-8-12-31(28)44-16-15-24-17-25(22-13-14-22)18-29(39)32(24)35(44)46)33-27-19-30(23-9-6-5-7-10-23)40-34(27)42-37(41-33)43-36(47)38(2,3)4/h5-12,15-19,22H,13-14,20H2,1-4H3,(H2,40,41,42,43,47). The van der Waals surface area contributed by atoms with E-state index >= 15 is 4.39 Å². The van der Waals surface area contributed by atoms with Crippen molar-refractivity contribution < 1.29 is 18.7 Å². The fourth-order valence-corrected chi connectivity index (χ4v) is 5.87. The van der Waals surface area contributed by atoms with E-state index in [0.717, 1.165) is 29.7 Å². The van der Waals surface area contributed by atoms with E-state index in [1.165, 1.54) is 17.6 Å². The number of nitrogens with zero attached hydrogens (tertiary/aromatic N) is 3. The Morgan fingerprint density at radius 3 is 2.50 bits per heavy atom. The molecular formula is C38H34FN5O4. The summed E-state index contributed by atoms with van der Waals surface area (Å²) in [4.78, 5) is 51.9. The molecule has 0 spiro atoms. The van der Waals surface area contributed by atoms with Crippen LogP contribution in [0.25, 0.3) is 50.0 Å². The van der Waals surface area contributed by atoms with Gasteiger partial charge in [0.1, 0.15) is 18.1 Å². The molecule has 0 unspecified atom stereocenters. The van der Waals surface area contributed by atoms with E-state index in [-0.39, 0.29) is 23.8 Å². The van der Waals surface area contributed by atoms with Gasteiger partial charge >= 0.3 is 5.97 Å². The average molecular weight is 644 g/mol. The van der Waals surface area contributed by atoms with Crippen molar-refractivity contribution in [1.29, 1.82) is 0 Å². The third-order valence-electron chi connectivity index (χ3n) is 8.59. The number of esters is 1. The Morgan fingerprint density at radius 1 is 1.02 bits per heavy atom. The molecule has 3 aromatic carbocycles. The molecule has 1 saturated carbocycles. The highest BCUT2D eigenvalue weighted by atomic mass is 19.1. The number of hydrogen-bond acceptors (Lipinski definition) is 6. The van der Waals surface area contributed by atoms with Crippen LogP contribution in [0.1, 0.15) is 57.6 Å². The van der Waals surface area contributed by atoms with Crippen LogP contribution < -0.4 is 10.9 Å². The molecule has 1 aliphatic rings. The maximum Gasteiger partial charge on any atom is 0.302 e. The molecule has 1 aliphatic carbocycles. The van der Waals surface area contributed by atoms with Gasteiger partial charge in [0.05, 0.1) is 16.8 Å². The van der Waals surface area contributed by atoms with Gasteiger partial charge in [0.15, 0.2) is 0 Å². The van der Waals surface area contributed by atoms with Crippen LogP contribution in [0.5, 0.6) is 0 Å². The van der Waals surface area contributed by atoms with Crippen molar-refractivity contribution in [2.45, 2.75) is 53.1 Å². The average Bonchev–Trinajstić information content (AvgIpc) is 3.82. The van der Waals surface area contributed by atoms with E-state index < -0.39 is 22.8 Å². The Labute approximate surface area is 275 Å². The van der Waals surface area contributed by atoms with Crippen LogP contribution in [0.2, 0.25) is 0 Å². The van der Waals surface area contributed by atoms with E-state index in [9.17, 15) is 14.4 Å². The number of nitrogens with one attached hydrogen (secondary N) is 2. The van der Waals surface area contributed by atoms with Gasteiger partial charge in [-0.3, -0.25) is 24.3 Å². The molecule has 0 saturated heterocycles. The molecular weight excluding hydrogens is 609 g/mol. The lowest BCUT2D eigenvalue weighted by Crippen LogP contribution is -2.28. The molecule has 0 aliphatic heterocycles. The van der Waals surface area contributed by atoms with E-state index in [0.29, 0.717) is 44.8 Å². The number of benzene rings is 3. The monoisotopic (exact) mass is 643 g/mol. The smallest absolute Gasteiger partial charge is 0.302 e. The zero-order chi connectivity index (χ0) is 33.7. The summed E-state index contributed by atoms with van der Waals surface area (Å²) in [5.41, 5.74) is 3.69. The van der Waals surface area contributed by atoms with Crippen molar-refractivity contribution in [2.75, 3.05) is 5.32 Å². The summed E-state index contributed by atoms with van der Waals surface area (Å²) in [5, 5.41) is 4.01. The van der Waals surface area contributed by atoms with E-state index in [1.54, 1.807) is 45.2 Å². The van der Waals surface area contributed by atoms with Crippen molar-refractivity contribution in [3.8, 4) is 28.2 Å². The minimum atomic E-state index is -0.713. The van der Waals surface area contributed by atoms with Gasteiger partial charge < -0.3 is 9.72 Å². The molecule has 48 heavy (non-hydrogen) atoms. The summed E-state index contributed by atoms with van der Waals surface area (Å²) >= 11 is 0. The molecule has 1 fully saturated rings. The zero-order valence-electron chi connectivity index (χ0n) is 27.1. The first-order valence-electron chi connectivity index (χ1n) is 15.9. The van der Waals surface area contributed by atoms with Gasteiger partial charge in [0, 0.05) is 40.7 Å². The molecule has 10 heteroatoms. The number of fused-ring (bicyclic) bond motifs is 2. The molecule has 3 heterocycles. The van der Waals surface area contributed by atoms with Crippen LogP contribution in [0.15, 0.2) is 83.8 Å². The summed E-state index contributed by atoms with van der Waals surface area (Å²) in [6.45, 7) is 6.49. The van der Waals surface area contributed by atoms with Crippen LogP contribution in [-0.2, 0) is 20.9 Å². The number of carbonyl (C=O) groups excluding carboxylic acids is 2. The third kappa shape index (κ3) is 5.85. The number of amides is 1. The number of halogens is 1. The number of H-pyrrole nitrogens is 1. The van der Waals surface area contributed by atoms with Crippen molar-refractivity contribution in [3.63, 3.8) is 0 Å². The topological polar surface area (TPSA) is 119 Å². The van der Waals surface area contributed by atoms with Gasteiger partial charge in [-0.25, -0.2) is 9.37 Å². The number of carbonyl (C=O) groups is 2. The molecule has 6 aromatic rings. The van der Waals surface area contributed by atoms with Crippen LogP contribution in [0, 0.1) is 11.2 Å². The minimum absolute atomic E-state index is 0.0134. The summed E-state index contributed by atoms with van der Waals surface area (Å²) in [6.07, 6.45) is 3.64. The van der Waals surface area contributed by atoms with Crippen molar-refractivity contribution in [1.82, 2.24) is 19.5 Å². The van der Waals surface area contributed by atoms with Gasteiger partial charge in [0.2, 0.25) is 11.9 Å². The molecule has 7 rings (SSSR count). The highest BCUT2D eigenvalue weighted by Crippen LogP contribution is 2.41. The number of aromatic nitrogens is 4. The first kappa shape index (κ1) is 31.0. The maximum absolute atomic E-state index is 15.5. The second kappa shape index (κ2) is 11.9. The number of ether oxygens (including phenoxy) is 1. The van der Waals surface area contributed by atoms with Gasteiger partial charge in [-0.1, -0.05) is 69.3 Å². The SMILES string of the molecule is CC(=O)OCc1c(-c2nc(NC(=O)C(C)(C)C)nc3[nH]c(-c4ccccc4)cc23)cccc1-n1ccc2cc(C3CC3)cc(F)c2c1=O. The molecule has 0 radical (unpaired) electrons. The van der Waals surface area contributed by atoms with Crippen LogP contribution in [-0.4, -0.2) is 31.4 Å². The largest absolute Gasteiger partial charge is 0.461 e. The molecule has 1 amide bonds. The van der Waals surface area contributed by atoms with Gasteiger partial charge in [-0.05, 0) is 59.5 Å². The summed E-state index contributed by atoms with van der Waals surface area (Å²) in [6, 6.07) is 22.0. The second-order valence-electron chi connectivity index (χ2n) is 13.2. The van der Waals surface area contributed by atoms with Crippen LogP contribution >= 0.6 is 0 Å². The number of rotatable bonds is 7. The van der Waals surface area contributed by atoms with Gasteiger partial charge in [-0.2, -0.15) is 4.98 Å². The van der Waals surface area contributed by atoms with Crippen LogP contribution in [0.3, 0.4) is 0 Å². The molecule has 0 bridgehead atoms. The molecule has 2 N–H and O–H groups in total. The van der Waals surface area contributed by atoms with E-state index in [1.807, 2.05) is 48.5 Å². The predicted molar refractivity (Wildman–Crippen MR) is 183 cm³/mol. The lowest BCUT2D eigenvalue weighted by Gasteiger charge is -2.19. The Balaban J connectivity index is 1.45. The number of anilines is 1. The fraction of sp³-hybridized carbons (Fsp3) is 0.237. The third-order valence-corrected chi connectivity index (χ3v) is 8.59. The summed E-state index contributed by atoms with van der Waals surface area (Å²) in [5.74, 6) is -0.939. The number of pyridine rings is 1. The lowest BCUT2D eigenvalue weighted by molar-refractivity contribution is -0.142. The first-order valence-corrected chi connectivity index (χ1v) is 15.9. The highest BCUT2D eigenvalue weighted by molar-refractivity contribution is 5.99. The number of hydrogen-bond donors (Lipinski definition) is 2. The maximum atomic E-state index is 15.5. The predicted octanol–water partition coefficient (Wildman–Crippen LogP) is 7.66. The van der Waals surface area contributed by atoms with Gasteiger partial charge in [0.25, 0.3) is 5.56 Å². The van der Waals surface area contributed by atoms with Crippen molar-refractivity contribution >= 4 is 39.6 Å². The molecule has 242 valence electrons. The molecule has 9 nitrogen and oxygen atoms in total. The Morgan fingerprint density at radius 2 is 1.79 bits per heavy atom. The summed E-state index contributed by atoms with van der Waals surface area (Å²) < 4.78 is 22.4. The first-order chi connectivity index (χ1) is 23.0. The number of aromatic amines is 1. The van der Waals surface area contributed by atoms with Crippen LogP contribution in [0.4, 0.5) is 10.3 Å². The minimum Gasteiger partial charge on any atom is -0.461 e. The zero-order valence-corrected chi connectivity index (χ0v) is 27.1. The Hall–Kier alpha value is -5.64. The molecule has 3 aromatic heterocycles. The van der Waals surface area contributed by atoms with E-state index in [4.69, 9.17) is 9.72 Å². The van der Waals surface area contributed by atoms with Crippen molar-refractivity contribution in [3.05, 3.63) is 106 Å². The fourth-order valence-electron chi connectivity index (χ4n) is 5.87. The lowest BCUT2D eigenvalue weighted by atomic mass is 9.96. The normalized spacial score (nSPS) is 13.2.